The summed E-state index contributed by atoms with van der Waals surface area (Å²) in [5, 5.41) is 0.565. The third-order valence-electron chi connectivity index (χ3n) is 4.21. The molecule has 0 N–H and O–H groups in total. The van der Waals surface area contributed by atoms with Gasteiger partial charge in [0, 0.05) is 37.7 Å². The van der Waals surface area contributed by atoms with Gasteiger partial charge in [-0.2, -0.15) is 4.31 Å². The summed E-state index contributed by atoms with van der Waals surface area (Å²) in [5.74, 6) is 0.00620. The van der Waals surface area contributed by atoms with Gasteiger partial charge in [-0.1, -0.05) is 54.1 Å². The Morgan fingerprint density at radius 3 is 2.21 bits per heavy atom. The average molecular weight is 365 g/mol. The van der Waals surface area contributed by atoms with Gasteiger partial charge in [-0.15, -0.1) is 0 Å². The van der Waals surface area contributed by atoms with Crippen LogP contribution in [0.15, 0.2) is 54.6 Å². The zero-order valence-corrected chi connectivity index (χ0v) is 15.0. The molecule has 1 heterocycles. The summed E-state index contributed by atoms with van der Waals surface area (Å²) in [7, 11) is -3.30. The first-order valence-electron chi connectivity index (χ1n) is 8.01. The van der Waals surface area contributed by atoms with E-state index in [-0.39, 0.29) is 5.75 Å². The Kier molecular flexibility index (Phi) is 5.56. The number of hydrogen-bond donors (Lipinski definition) is 0. The molecular weight excluding hydrogens is 344 g/mol. The van der Waals surface area contributed by atoms with Gasteiger partial charge in [0.15, 0.2) is 0 Å². The fourth-order valence-corrected chi connectivity index (χ4v) is 4.65. The zero-order chi connectivity index (χ0) is 17.0. The van der Waals surface area contributed by atoms with Crippen LogP contribution in [-0.2, 0) is 22.3 Å². The topological polar surface area (TPSA) is 40.6 Å². The van der Waals surface area contributed by atoms with Gasteiger partial charge in [0.05, 0.1) is 5.75 Å². The monoisotopic (exact) mass is 364 g/mol. The first-order chi connectivity index (χ1) is 11.5. The molecule has 1 fully saturated rings. The number of halogens is 1. The molecule has 0 bridgehead atoms. The van der Waals surface area contributed by atoms with Crippen LogP contribution in [0.25, 0.3) is 0 Å². The van der Waals surface area contributed by atoms with Crippen molar-refractivity contribution in [1.29, 1.82) is 0 Å². The number of nitrogens with zero attached hydrogens (tertiary/aromatic N) is 2. The van der Waals surface area contributed by atoms with Crippen LogP contribution in [-0.4, -0.2) is 43.8 Å². The van der Waals surface area contributed by atoms with Crippen LogP contribution in [0.5, 0.6) is 0 Å². The van der Waals surface area contributed by atoms with Crippen LogP contribution < -0.4 is 0 Å². The van der Waals surface area contributed by atoms with Crippen molar-refractivity contribution >= 4 is 21.6 Å². The van der Waals surface area contributed by atoms with Crippen LogP contribution in [0.3, 0.4) is 0 Å². The van der Waals surface area contributed by atoms with Gasteiger partial charge in [-0.25, -0.2) is 8.42 Å². The second kappa shape index (κ2) is 7.66. The second-order valence-corrected chi connectivity index (χ2v) is 8.45. The lowest BCUT2D eigenvalue weighted by Gasteiger charge is -2.34. The van der Waals surface area contributed by atoms with Gasteiger partial charge < -0.3 is 0 Å². The second-order valence-electron chi connectivity index (χ2n) is 6.05. The molecule has 1 aliphatic heterocycles. The first kappa shape index (κ1) is 17.4. The molecular formula is C18H21ClN2O2S. The number of benzene rings is 2. The molecule has 0 aromatic heterocycles. The Bertz CT molecular complexity index is 773. The molecule has 2 aromatic rings. The number of rotatable bonds is 5. The molecule has 4 nitrogen and oxygen atoms in total. The van der Waals surface area contributed by atoms with Crippen molar-refractivity contribution in [2.24, 2.45) is 0 Å². The van der Waals surface area contributed by atoms with Gasteiger partial charge in [0.2, 0.25) is 10.0 Å². The normalized spacial score (nSPS) is 17.0. The maximum Gasteiger partial charge on any atom is 0.218 e. The number of sulfonamides is 1. The summed E-state index contributed by atoms with van der Waals surface area (Å²) < 4.78 is 26.8. The highest BCUT2D eigenvalue weighted by Crippen LogP contribution is 2.17. The fraction of sp³-hybridized carbons (Fsp3) is 0.333. The molecule has 128 valence electrons. The van der Waals surface area contributed by atoms with Crippen molar-refractivity contribution < 1.29 is 8.42 Å². The van der Waals surface area contributed by atoms with E-state index in [1.54, 1.807) is 28.6 Å². The van der Waals surface area contributed by atoms with Crippen molar-refractivity contribution in [1.82, 2.24) is 9.21 Å². The highest BCUT2D eigenvalue weighted by Gasteiger charge is 2.27. The van der Waals surface area contributed by atoms with E-state index in [0.29, 0.717) is 18.1 Å². The summed E-state index contributed by atoms with van der Waals surface area (Å²) in [5.41, 5.74) is 1.99. The predicted octanol–water partition coefficient (Wildman–Crippen LogP) is 2.99. The minimum atomic E-state index is -3.30. The molecule has 1 saturated heterocycles. The highest BCUT2D eigenvalue weighted by molar-refractivity contribution is 7.88. The Balaban J connectivity index is 1.57. The average Bonchev–Trinajstić information content (AvgIpc) is 2.56. The summed E-state index contributed by atoms with van der Waals surface area (Å²) in [6.07, 6.45) is 0. The van der Waals surface area contributed by atoms with E-state index in [2.05, 4.69) is 17.0 Å². The van der Waals surface area contributed by atoms with E-state index in [1.165, 1.54) is 5.56 Å². The maximum atomic E-state index is 12.6. The lowest BCUT2D eigenvalue weighted by Crippen LogP contribution is -2.48. The molecule has 0 unspecified atom stereocenters. The smallest absolute Gasteiger partial charge is 0.218 e. The largest absolute Gasteiger partial charge is 0.296 e. The lowest BCUT2D eigenvalue weighted by molar-refractivity contribution is 0.181. The Hall–Kier alpha value is -1.40. The van der Waals surface area contributed by atoms with E-state index in [1.807, 2.05) is 18.2 Å². The molecule has 0 radical (unpaired) electrons. The molecule has 0 amide bonds. The van der Waals surface area contributed by atoms with Gasteiger partial charge in [-0.05, 0) is 23.3 Å². The van der Waals surface area contributed by atoms with Crippen LogP contribution in [0.1, 0.15) is 11.1 Å². The van der Waals surface area contributed by atoms with E-state index in [9.17, 15) is 8.42 Å². The Labute approximate surface area is 148 Å². The molecule has 2 aromatic carbocycles. The fourth-order valence-electron chi connectivity index (χ4n) is 2.94. The number of hydrogen-bond acceptors (Lipinski definition) is 3. The van der Waals surface area contributed by atoms with Gasteiger partial charge in [0.25, 0.3) is 0 Å². The predicted molar refractivity (Wildman–Crippen MR) is 97.4 cm³/mol. The maximum absolute atomic E-state index is 12.6. The third kappa shape index (κ3) is 4.57. The lowest BCUT2D eigenvalue weighted by atomic mass is 10.2. The highest BCUT2D eigenvalue weighted by atomic mass is 35.5. The van der Waals surface area contributed by atoms with Crippen molar-refractivity contribution in [3.05, 3.63) is 70.7 Å². The van der Waals surface area contributed by atoms with Crippen LogP contribution >= 0.6 is 11.6 Å². The molecule has 0 atom stereocenters. The quantitative estimate of drug-likeness (QED) is 0.818. The summed E-state index contributed by atoms with van der Waals surface area (Å²) in [6.45, 7) is 3.45. The van der Waals surface area contributed by atoms with Crippen molar-refractivity contribution in [2.75, 3.05) is 26.2 Å². The molecule has 0 spiro atoms. The Morgan fingerprint density at radius 1 is 0.875 bits per heavy atom. The van der Waals surface area contributed by atoms with Crippen molar-refractivity contribution in [3.63, 3.8) is 0 Å². The summed E-state index contributed by atoms with van der Waals surface area (Å²) in [6, 6.07) is 17.3. The van der Waals surface area contributed by atoms with Crippen LogP contribution in [0.2, 0.25) is 5.02 Å². The van der Waals surface area contributed by atoms with Gasteiger partial charge >= 0.3 is 0 Å². The van der Waals surface area contributed by atoms with Crippen molar-refractivity contribution in [3.8, 4) is 0 Å². The van der Waals surface area contributed by atoms with E-state index in [0.717, 1.165) is 25.2 Å². The minimum Gasteiger partial charge on any atom is -0.296 e. The third-order valence-corrected chi connectivity index (χ3v) is 6.30. The molecule has 24 heavy (non-hydrogen) atoms. The molecule has 0 saturated carbocycles. The zero-order valence-electron chi connectivity index (χ0n) is 13.4. The van der Waals surface area contributed by atoms with Crippen molar-refractivity contribution in [2.45, 2.75) is 12.3 Å². The molecule has 0 aliphatic carbocycles. The van der Waals surface area contributed by atoms with Gasteiger partial charge in [-0.3, -0.25) is 4.90 Å². The Morgan fingerprint density at radius 2 is 1.54 bits per heavy atom. The summed E-state index contributed by atoms with van der Waals surface area (Å²) >= 11 is 5.94. The van der Waals surface area contributed by atoms with Gasteiger partial charge in [0.1, 0.15) is 0 Å². The summed E-state index contributed by atoms with van der Waals surface area (Å²) in [4.78, 5) is 2.29. The van der Waals surface area contributed by atoms with E-state index >= 15 is 0 Å². The molecule has 3 rings (SSSR count). The van der Waals surface area contributed by atoms with E-state index < -0.39 is 10.0 Å². The van der Waals surface area contributed by atoms with Crippen LogP contribution in [0.4, 0.5) is 0 Å². The minimum absolute atomic E-state index is 0.00620. The number of piperazine rings is 1. The molecule has 6 heteroatoms. The van der Waals surface area contributed by atoms with E-state index in [4.69, 9.17) is 11.6 Å². The van der Waals surface area contributed by atoms with Crippen LogP contribution in [0, 0.1) is 0 Å². The standard InChI is InChI=1S/C18H21ClN2O2S/c19-18-8-4-7-17(13-18)15-24(22,23)21-11-9-20(10-12-21)14-16-5-2-1-3-6-16/h1-8,13H,9-12,14-15H2. The SMILES string of the molecule is O=S(=O)(Cc1cccc(Cl)c1)N1CCN(Cc2ccccc2)CC1. The molecule has 1 aliphatic rings. The first-order valence-corrected chi connectivity index (χ1v) is 10.0.